The summed E-state index contributed by atoms with van der Waals surface area (Å²) < 4.78 is 13.9. The molecule has 3 rings (SSSR count). The molecule has 3 heteroatoms. The van der Waals surface area contributed by atoms with Crippen molar-refractivity contribution in [3.63, 3.8) is 0 Å². The highest BCUT2D eigenvalue weighted by Crippen LogP contribution is 2.28. The minimum absolute atomic E-state index is 0.211. The minimum Gasteiger partial charge on any atom is -0.331 e. The topological polar surface area (TPSA) is 20.3 Å². The van der Waals surface area contributed by atoms with E-state index >= 15 is 0 Å². The Morgan fingerprint density at radius 2 is 1.40 bits per heavy atom. The quantitative estimate of drug-likeness (QED) is 0.658. The molecule has 2 nitrogen and oxygen atoms in total. The van der Waals surface area contributed by atoms with E-state index in [1.807, 2.05) is 60.7 Å². The molecule has 0 aliphatic heterocycles. The van der Waals surface area contributed by atoms with Crippen molar-refractivity contribution in [3.8, 4) is 0 Å². The summed E-state index contributed by atoms with van der Waals surface area (Å²) in [6.45, 7) is 1.68. The van der Waals surface area contributed by atoms with Crippen LogP contribution < -0.4 is 0 Å². The zero-order chi connectivity index (χ0) is 17.8. The third kappa shape index (κ3) is 3.61. The zero-order valence-electron chi connectivity index (χ0n) is 14.3. The van der Waals surface area contributed by atoms with Crippen molar-refractivity contribution in [2.75, 3.05) is 7.05 Å². The van der Waals surface area contributed by atoms with Crippen LogP contribution in [0.25, 0.3) is 0 Å². The summed E-state index contributed by atoms with van der Waals surface area (Å²) in [4.78, 5) is 14.6. The molecular weight excluding hydrogens is 313 g/mol. The van der Waals surface area contributed by atoms with Gasteiger partial charge in [0.1, 0.15) is 5.82 Å². The molecule has 0 N–H and O–H groups in total. The van der Waals surface area contributed by atoms with Gasteiger partial charge in [-0.1, -0.05) is 66.7 Å². The average Bonchev–Trinajstić information content (AvgIpc) is 2.65. The van der Waals surface area contributed by atoms with Crippen LogP contribution in [0.3, 0.4) is 0 Å². The second-order valence-electron chi connectivity index (χ2n) is 6.10. The van der Waals surface area contributed by atoms with Gasteiger partial charge in [0.2, 0.25) is 0 Å². The van der Waals surface area contributed by atoms with Gasteiger partial charge in [0.05, 0.1) is 6.04 Å². The first-order chi connectivity index (χ1) is 12.1. The smallest absolute Gasteiger partial charge is 0.254 e. The molecule has 0 saturated heterocycles. The maximum Gasteiger partial charge on any atom is 0.254 e. The maximum absolute atomic E-state index is 13.9. The van der Waals surface area contributed by atoms with Gasteiger partial charge in [0.25, 0.3) is 5.91 Å². The Hall–Kier alpha value is -2.94. The predicted molar refractivity (Wildman–Crippen MR) is 98.0 cm³/mol. The Bertz CT molecular complexity index is 822. The molecule has 0 radical (unpaired) electrons. The van der Waals surface area contributed by atoms with Gasteiger partial charge in [-0.2, -0.15) is 0 Å². The summed E-state index contributed by atoms with van der Waals surface area (Å²) in [6.07, 6.45) is 0. The molecule has 0 aliphatic rings. The van der Waals surface area contributed by atoms with Crippen LogP contribution in [-0.4, -0.2) is 17.9 Å². The highest BCUT2D eigenvalue weighted by atomic mass is 19.1. The van der Waals surface area contributed by atoms with Crippen molar-refractivity contribution in [3.05, 3.63) is 107 Å². The Balaban J connectivity index is 2.00. The normalized spacial score (nSPS) is 10.7. The van der Waals surface area contributed by atoms with Gasteiger partial charge in [-0.3, -0.25) is 4.79 Å². The van der Waals surface area contributed by atoms with E-state index in [2.05, 4.69) is 0 Å². The average molecular weight is 333 g/mol. The van der Waals surface area contributed by atoms with Crippen LogP contribution in [0.2, 0.25) is 0 Å². The molecule has 3 aromatic rings. The monoisotopic (exact) mass is 333 g/mol. The van der Waals surface area contributed by atoms with Crippen LogP contribution in [0.5, 0.6) is 0 Å². The van der Waals surface area contributed by atoms with E-state index in [0.29, 0.717) is 11.1 Å². The van der Waals surface area contributed by atoms with Crippen LogP contribution in [0, 0.1) is 12.7 Å². The van der Waals surface area contributed by atoms with Gasteiger partial charge < -0.3 is 4.90 Å². The third-order valence-electron chi connectivity index (χ3n) is 4.36. The summed E-state index contributed by atoms with van der Waals surface area (Å²) in [5, 5.41) is 0. The summed E-state index contributed by atoms with van der Waals surface area (Å²) in [5.41, 5.74) is 2.90. The fraction of sp³-hybridized carbons (Fsp3) is 0.136. The van der Waals surface area contributed by atoms with Gasteiger partial charge >= 0.3 is 0 Å². The Morgan fingerprint density at radius 1 is 0.880 bits per heavy atom. The van der Waals surface area contributed by atoms with Gasteiger partial charge in [-0.25, -0.2) is 4.39 Å². The second kappa shape index (κ2) is 7.31. The van der Waals surface area contributed by atoms with Crippen molar-refractivity contribution < 1.29 is 9.18 Å². The largest absolute Gasteiger partial charge is 0.331 e. The molecule has 3 aromatic carbocycles. The molecule has 0 bridgehead atoms. The van der Waals surface area contributed by atoms with Crippen LogP contribution in [0.4, 0.5) is 4.39 Å². The number of amides is 1. The lowest BCUT2D eigenvalue weighted by Crippen LogP contribution is -2.32. The lowest BCUT2D eigenvalue weighted by molar-refractivity contribution is 0.0754. The molecule has 0 heterocycles. The Kier molecular flexibility index (Phi) is 4.94. The third-order valence-corrected chi connectivity index (χ3v) is 4.36. The predicted octanol–water partition coefficient (Wildman–Crippen LogP) is 5.00. The molecule has 0 spiro atoms. The number of carbonyl (C=O) groups excluding carboxylic acids is 1. The first-order valence-electron chi connectivity index (χ1n) is 8.21. The summed E-state index contributed by atoms with van der Waals surface area (Å²) >= 11 is 0. The Morgan fingerprint density at radius 3 is 1.88 bits per heavy atom. The van der Waals surface area contributed by atoms with Crippen molar-refractivity contribution in [2.24, 2.45) is 0 Å². The summed E-state index contributed by atoms with van der Waals surface area (Å²) in [5.74, 6) is -0.577. The van der Waals surface area contributed by atoms with Gasteiger partial charge in [-0.05, 0) is 35.7 Å². The molecule has 0 unspecified atom stereocenters. The van der Waals surface area contributed by atoms with E-state index in [1.165, 1.54) is 6.07 Å². The molecule has 0 fully saturated rings. The lowest BCUT2D eigenvalue weighted by Gasteiger charge is -2.29. The Labute approximate surface area is 147 Å². The zero-order valence-corrected chi connectivity index (χ0v) is 14.3. The fourth-order valence-corrected chi connectivity index (χ4v) is 2.96. The molecule has 1 amide bonds. The van der Waals surface area contributed by atoms with Crippen LogP contribution >= 0.6 is 0 Å². The first-order valence-corrected chi connectivity index (χ1v) is 8.21. The van der Waals surface area contributed by atoms with E-state index in [0.717, 1.165) is 11.1 Å². The van der Waals surface area contributed by atoms with E-state index in [9.17, 15) is 9.18 Å². The summed E-state index contributed by atoms with van der Waals surface area (Å²) in [6, 6.07) is 24.1. The number of rotatable bonds is 4. The molecule has 0 atom stereocenters. The molecule has 0 aromatic heterocycles. The number of nitrogens with zero attached hydrogens (tertiary/aromatic N) is 1. The second-order valence-corrected chi connectivity index (χ2v) is 6.10. The molecule has 126 valence electrons. The summed E-state index contributed by atoms with van der Waals surface area (Å²) in [7, 11) is 1.75. The van der Waals surface area contributed by atoms with Crippen LogP contribution in [0.1, 0.15) is 33.1 Å². The molecule has 25 heavy (non-hydrogen) atoms. The van der Waals surface area contributed by atoms with E-state index in [-0.39, 0.29) is 17.8 Å². The van der Waals surface area contributed by atoms with E-state index < -0.39 is 0 Å². The van der Waals surface area contributed by atoms with Crippen molar-refractivity contribution >= 4 is 5.91 Å². The molecule has 0 saturated carbocycles. The number of hydrogen-bond donors (Lipinski definition) is 0. The van der Waals surface area contributed by atoms with Crippen molar-refractivity contribution in [1.29, 1.82) is 0 Å². The van der Waals surface area contributed by atoms with Crippen LogP contribution in [-0.2, 0) is 0 Å². The minimum atomic E-state index is -0.366. The van der Waals surface area contributed by atoms with Crippen molar-refractivity contribution in [1.82, 2.24) is 4.90 Å². The number of hydrogen-bond acceptors (Lipinski definition) is 1. The van der Waals surface area contributed by atoms with Crippen LogP contribution in [0.15, 0.2) is 78.9 Å². The standard InChI is InChI=1S/C22H20FNO/c1-16-13-14-19(15-20(16)23)22(25)24(2)21(17-9-5-3-6-10-17)18-11-7-4-8-12-18/h3-15,21H,1-2H3. The van der Waals surface area contributed by atoms with Gasteiger partial charge in [0, 0.05) is 12.6 Å². The fourth-order valence-electron chi connectivity index (χ4n) is 2.96. The number of benzene rings is 3. The maximum atomic E-state index is 13.9. The molecule has 0 aliphatic carbocycles. The number of aryl methyl sites for hydroxylation is 1. The highest BCUT2D eigenvalue weighted by molar-refractivity contribution is 5.94. The molecular formula is C22H20FNO. The SMILES string of the molecule is Cc1ccc(C(=O)N(C)C(c2ccccc2)c2ccccc2)cc1F. The first kappa shape index (κ1) is 16.9. The van der Waals surface area contributed by atoms with E-state index in [4.69, 9.17) is 0 Å². The van der Waals surface area contributed by atoms with E-state index in [1.54, 1.807) is 31.0 Å². The highest BCUT2D eigenvalue weighted by Gasteiger charge is 2.24. The van der Waals surface area contributed by atoms with Crippen molar-refractivity contribution in [2.45, 2.75) is 13.0 Å². The lowest BCUT2D eigenvalue weighted by atomic mass is 9.96. The van der Waals surface area contributed by atoms with Gasteiger partial charge in [0.15, 0.2) is 0 Å². The number of halogens is 1. The number of carbonyl (C=O) groups is 1. The van der Waals surface area contributed by atoms with Gasteiger partial charge in [-0.15, -0.1) is 0 Å².